The van der Waals surface area contributed by atoms with Crippen LogP contribution >= 0.6 is 0 Å². The van der Waals surface area contributed by atoms with Gasteiger partial charge in [0.15, 0.2) is 0 Å². The molecule has 17 heavy (non-hydrogen) atoms. The van der Waals surface area contributed by atoms with E-state index in [-0.39, 0.29) is 30.3 Å². The van der Waals surface area contributed by atoms with Gasteiger partial charge in [-0.2, -0.15) is 0 Å². The van der Waals surface area contributed by atoms with E-state index in [1.165, 1.54) is 32.1 Å². The van der Waals surface area contributed by atoms with Gasteiger partial charge in [-0.1, -0.05) is 19.8 Å². The van der Waals surface area contributed by atoms with Gasteiger partial charge in [-0.3, -0.25) is 0 Å². The first kappa shape index (κ1) is 13.3. The molecule has 0 radical (unpaired) electrons. The Bertz CT molecular complexity index is 234. The highest BCUT2D eigenvalue weighted by molar-refractivity contribution is 4.94. The standard InChI is InChI=1S/C14H26O3/c1-2-13(10-15,11-16)9-12-5-8-14(17-12)6-3-4-7-14/h12,15-16H,2-11H2,1H3. The second kappa shape index (κ2) is 5.25. The highest BCUT2D eigenvalue weighted by Crippen LogP contribution is 2.45. The van der Waals surface area contributed by atoms with Crippen LogP contribution in [0.5, 0.6) is 0 Å². The molecule has 1 saturated heterocycles. The average molecular weight is 242 g/mol. The summed E-state index contributed by atoms with van der Waals surface area (Å²) in [5.74, 6) is 0. The molecule has 2 N–H and O–H groups in total. The van der Waals surface area contributed by atoms with E-state index in [4.69, 9.17) is 4.74 Å². The summed E-state index contributed by atoms with van der Waals surface area (Å²) >= 11 is 0. The summed E-state index contributed by atoms with van der Waals surface area (Å²) in [6, 6.07) is 0. The lowest BCUT2D eigenvalue weighted by Gasteiger charge is -2.32. The number of aliphatic hydroxyl groups is 2. The van der Waals surface area contributed by atoms with Crippen molar-refractivity contribution in [3.05, 3.63) is 0 Å². The van der Waals surface area contributed by atoms with Crippen molar-refractivity contribution in [2.24, 2.45) is 5.41 Å². The summed E-state index contributed by atoms with van der Waals surface area (Å²) in [4.78, 5) is 0. The number of rotatable bonds is 5. The predicted molar refractivity (Wildman–Crippen MR) is 66.8 cm³/mol. The monoisotopic (exact) mass is 242 g/mol. The smallest absolute Gasteiger partial charge is 0.0687 e. The Kier molecular flexibility index (Phi) is 4.11. The molecule has 0 aromatic rings. The van der Waals surface area contributed by atoms with Gasteiger partial charge in [-0.25, -0.2) is 0 Å². The zero-order valence-electron chi connectivity index (χ0n) is 11.0. The maximum Gasteiger partial charge on any atom is 0.0687 e. The molecule has 2 aliphatic rings. The molecule has 2 fully saturated rings. The van der Waals surface area contributed by atoms with Crippen LogP contribution in [0.4, 0.5) is 0 Å². The van der Waals surface area contributed by atoms with Crippen molar-refractivity contribution in [1.29, 1.82) is 0 Å². The Balaban J connectivity index is 1.92. The van der Waals surface area contributed by atoms with E-state index in [9.17, 15) is 10.2 Å². The quantitative estimate of drug-likeness (QED) is 0.777. The molecule has 1 spiro atoms. The van der Waals surface area contributed by atoms with Crippen molar-refractivity contribution in [2.45, 2.75) is 70.0 Å². The largest absolute Gasteiger partial charge is 0.396 e. The van der Waals surface area contributed by atoms with Crippen molar-refractivity contribution in [1.82, 2.24) is 0 Å². The van der Waals surface area contributed by atoms with Crippen LogP contribution in [-0.4, -0.2) is 35.1 Å². The molecule has 1 heterocycles. The first-order valence-corrected chi connectivity index (χ1v) is 7.07. The number of aliphatic hydroxyl groups excluding tert-OH is 2. The minimum atomic E-state index is -0.338. The first-order chi connectivity index (χ1) is 8.17. The predicted octanol–water partition coefficient (Wildman–Crippen LogP) is 2.25. The molecule has 3 nitrogen and oxygen atoms in total. The van der Waals surface area contributed by atoms with Crippen molar-refractivity contribution in [2.75, 3.05) is 13.2 Å². The van der Waals surface area contributed by atoms with Crippen LogP contribution in [-0.2, 0) is 4.74 Å². The summed E-state index contributed by atoms with van der Waals surface area (Å²) in [6.07, 6.45) is 9.15. The minimum absolute atomic E-state index is 0.0624. The lowest BCUT2D eigenvalue weighted by atomic mass is 9.81. The Labute approximate surface area is 104 Å². The van der Waals surface area contributed by atoms with Gasteiger partial charge in [0.1, 0.15) is 0 Å². The maximum atomic E-state index is 9.48. The molecule has 0 amide bonds. The Morgan fingerprint density at radius 3 is 2.35 bits per heavy atom. The third-order valence-electron chi connectivity index (χ3n) is 4.93. The fourth-order valence-corrected chi connectivity index (χ4v) is 3.46. The second-order valence-corrected chi connectivity index (χ2v) is 6.04. The van der Waals surface area contributed by atoms with E-state index in [1.807, 2.05) is 6.92 Å². The van der Waals surface area contributed by atoms with E-state index in [0.717, 1.165) is 19.3 Å². The second-order valence-electron chi connectivity index (χ2n) is 6.04. The van der Waals surface area contributed by atoms with Gasteiger partial charge in [0.05, 0.1) is 24.9 Å². The van der Waals surface area contributed by atoms with Gasteiger partial charge in [0.25, 0.3) is 0 Å². The van der Waals surface area contributed by atoms with E-state index >= 15 is 0 Å². The fourth-order valence-electron chi connectivity index (χ4n) is 3.46. The minimum Gasteiger partial charge on any atom is -0.396 e. The van der Waals surface area contributed by atoms with Gasteiger partial charge in [-0.15, -0.1) is 0 Å². The van der Waals surface area contributed by atoms with Gasteiger partial charge in [0, 0.05) is 5.41 Å². The average Bonchev–Trinajstić information content (AvgIpc) is 2.98. The Hall–Kier alpha value is -0.120. The molecule has 100 valence electrons. The zero-order chi connectivity index (χ0) is 12.4. The van der Waals surface area contributed by atoms with Crippen LogP contribution in [0.1, 0.15) is 58.3 Å². The van der Waals surface area contributed by atoms with Crippen LogP contribution in [0, 0.1) is 5.41 Å². The lowest BCUT2D eigenvalue weighted by molar-refractivity contribution is -0.0696. The number of hydrogen-bond donors (Lipinski definition) is 2. The van der Waals surface area contributed by atoms with Crippen LogP contribution in [0.15, 0.2) is 0 Å². The Morgan fingerprint density at radius 2 is 1.82 bits per heavy atom. The topological polar surface area (TPSA) is 49.7 Å². The Morgan fingerprint density at radius 1 is 1.18 bits per heavy atom. The molecule has 1 aliphatic heterocycles. The highest BCUT2D eigenvalue weighted by Gasteiger charge is 2.44. The molecule has 0 bridgehead atoms. The van der Waals surface area contributed by atoms with E-state index in [1.54, 1.807) is 0 Å². The molecular formula is C14H26O3. The number of ether oxygens (including phenoxy) is 1. The SMILES string of the molecule is CCC(CO)(CO)CC1CCC2(CCCC2)O1. The zero-order valence-corrected chi connectivity index (χ0v) is 11.0. The van der Waals surface area contributed by atoms with Crippen molar-refractivity contribution in [3.8, 4) is 0 Å². The molecular weight excluding hydrogens is 216 g/mol. The van der Waals surface area contributed by atoms with Crippen molar-refractivity contribution in [3.63, 3.8) is 0 Å². The van der Waals surface area contributed by atoms with Crippen LogP contribution < -0.4 is 0 Å². The third-order valence-corrected chi connectivity index (χ3v) is 4.93. The summed E-state index contributed by atoms with van der Waals surface area (Å²) in [6.45, 7) is 2.16. The number of hydrogen-bond acceptors (Lipinski definition) is 3. The van der Waals surface area contributed by atoms with Crippen molar-refractivity contribution < 1.29 is 14.9 Å². The first-order valence-electron chi connectivity index (χ1n) is 7.07. The third kappa shape index (κ3) is 2.67. The van der Waals surface area contributed by atoms with Gasteiger partial charge < -0.3 is 14.9 Å². The molecule has 0 aromatic carbocycles. The molecule has 1 atom stereocenters. The van der Waals surface area contributed by atoms with E-state index in [0.29, 0.717) is 0 Å². The summed E-state index contributed by atoms with van der Waals surface area (Å²) < 4.78 is 6.25. The van der Waals surface area contributed by atoms with E-state index < -0.39 is 0 Å². The van der Waals surface area contributed by atoms with Gasteiger partial charge in [-0.05, 0) is 38.5 Å². The van der Waals surface area contributed by atoms with Crippen LogP contribution in [0.2, 0.25) is 0 Å². The molecule has 1 unspecified atom stereocenters. The van der Waals surface area contributed by atoms with Crippen molar-refractivity contribution >= 4 is 0 Å². The molecule has 1 aliphatic carbocycles. The van der Waals surface area contributed by atoms with Crippen LogP contribution in [0.3, 0.4) is 0 Å². The normalized spacial score (nSPS) is 28.1. The summed E-state index contributed by atoms with van der Waals surface area (Å²) in [7, 11) is 0. The molecule has 1 saturated carbocycles. The highest BCUT2D eigenvalue weighted by atomic mass is 16.5. The molecule has 2 rings (SSSR count). The fraction of sp³-hybridized carbons (Fsp3) is 1.00. The van der Waals surface area contributed by atoms with Gasteiger partial charge >= 0.3 is 0 Å². The molecule has 0 aromatic heterocycles. The summed E-state index contributed by atoms with van der Waals surface area (Å²) in [5, 5.41) is 19.0. The van der Waals surface area contributed by atoms with E-state index in [2.05, 4.69) is 0 Å². The molecule has 3 heteroatoms. The maximum absolute atomic E-state index is 9.48. The van der Waals surface area contributed by atoms with Crippen LogP contribution in [0.25, 0.3) is 0 Å². The van der Waals surface area contributed by atoms with Gasteiger partial charge in [0.2, 0.25) is 0 Å². The summed E-state index contributed by atoms with van der Waals surface area (Å²) in [5.41, 5.74) is -0.177. The lowest BCUT2D eigenvalue weighted by Crippen LogP contribution is -2.34.